The highest BCUT2D eigenvalue weighted by atomic mass is 35.5. The van der Waals surface area contributed by atoms with Gasteiger partial charge in [0.05, 0.1) is 0 Å². The Kier molecular flexibility index (Phi) is 4.69. The number of hydrogen-bond acceptors (Lipinski definition) is 2. The molecule has 17 heavy (non-hydrogen) atoms. The number of alkyl halides is 1. The van der Waals surface area contributed by atoms with Gasteiger partial charge in [-0.2, -0.15) is 0 Å². The molecule has 2 nitrogen and oxygen atoms in total. The Morgan fingerprint density at radius 3 is 2.35 bits per heavy atom. The number of piperazine rings is 1. The lowest BCUT2D eigenvalue weighted by atomic mass is 10.2. The van der Waals surface area contributed by atoms with Gasteiger partial charge in [0, 0.05) is 44.3 Å². The first-order valence-electron chi connectivity index (χ1n) is 6.38. The quantitative estimate of drug-likeness (QED) is 0.761. The molecule has 1 fully saturated rings. The van der Waals surface area contributed by atoms with E-state index in [-0.39, 0.29) is 0 Å². The van der Waals surface area contributed by atoms with Crippen molar-refractivity contribution in [2.75, 3.05) is 43.5 Å². The lowest BCUT2D eigenvalue weighted by molar-refractivity contribution is 0.232. The maximum absolute atomic E-state index is 5.86. The number of nitrogens with zero attached hydrogens (tertiary/aromatic N) is 2. The summed E-state index contributed by atoms with van der Waals surface area (Å²) in [5.74, 6) is 1.36. The van der Waals surface area contributed by atoms with E-state index < -0.39 is 0 Å². The van der Waals surface area contributed by atoms with Crippen molar-refractivity contribution < 1.29 is 0 Å². The molecule has 0 bridgehead atoms. The van der Waals surface area contributed by atoms with Crippen molar-refractivity contribution in [2.24, 2.45) is 5.92 Å². The fourth-order valence-electron chi connectivity index (χ4n) is 2.32. The lowest BCUT2D eigenvalue weighted by Crippen LogP contribution is -2.47. The third-order valence-corrected chi connectivity index (χ3v) is 3.85. The summed E-state index contributed by atoms with van der Waals surface area (Å²) in [5.41, 5.74) is 1.34. The molecule has 1 heterocycles. The van der Waals surface area contributed by atoms with Crippen LogP contribution >= 0.6 is 11.6 Å². The summed E-state index contributed by atoms with van der Waals surface area (Å²) >= 11 is 5.86. The summed E-state index contributed by atoms with van der Waals surface area (Å²) in [6.07, 6.45) is 0. The summed E-state index contributed by atoms with van der Waals surface area (Å²) in [6, 6.07) is 10.7. The predicted molar refractivity (Wildman–Crippen MR) is 75.0 cm³/mol. The van der Waals surface area contributed by atoms with E-state index in [0.29, 0.717) is 5.92 Å². The number of benzene rings is 1. The van der Waals surface area contributed by atoms with Crippen LogP contribution in [0.25, 0.3) is 0 Å². The molecule has 1 aromatic carbocycles. The van der Waals surface area contributed by atoms with E-state index in [2.05, 4.69) is 47.1 Å². The number of hydrogen-bond donors (Lipinski definition) is 0. The molecule has 2 rings (SSSR count). The van der Waals surface area contributed by atoms with Gasteiger partial charge in [0.1, 0.15) is 0 Å². The molecule has 1 aliphatic rings. The molecule has 1 aliphatic heterocycles. The molecule has 0 aromatic heterocycles. The fourth-order valence-corrected chi connectivity index (χ4v) is 2.41. The first kappa shape index (κ1) is 12.7. The maximum Gasteiger partial charge on any atom is 0.0367 e. The Bertz CT molecular complexity index is 320. The van der Waals surface area contributed by atoms with Crippen LogP contribution in [0.5, 0.6) is 0 Å². The molecule has 0 saturated carbocycles. The molecule has 1 unspecified atom stereocenters. The number of rotatable bonds is 4. The van der Waals surface area contributed by atoms with Gasteiger partial charge in [0.25, 0.3) is 0 Å². The van der Waals surface area contributed by atoms with Gasteiger partial charge in [-0.1, -0.05) is 25.1 Å². The van der Waals surface area contributed by atoms with Crippen LogP contribution in [0.1, 0.15) is 6.92 Å². The molecule has 0 N–H and O–H groups in total. The van der Waals surface area contributed by atoms with Crippen molar-refractivity contribution in [3.63, 3.8) is 0 Å². The number of para-hydroxylation sites is 1. The minimum absolute atomic E-state index is 0.597. The summed E-state index contributed by atoms with van der Waals surface area (Å²) < 4.78 is 0. The molecule has 0 spiro atoms. The zero-order chi connectivity index (χ0) is 12.1. The number of halogens is 1. The normalized spacial score (nSPS) is 19.3. The first-order valence-corrected chi connectivity index (χ1v) is 6.91. The minimum atomic E-state index is 0.597. The van der Waals surface area contributed by atoms with Gasteiger partial charge in [-0.25, -0.2) is 0 Å². The highest BCUT2D eigenvalue weighted by Gasteiger charge is 2.18. The van der Waals surface area contributed by atoms with Gasteiger partial charge in [0.2, 0.25) is 0 Å². The zero-order valence-corrected chi connectivity index (χ0v) is 11.2. The topological polar surface area (TPSA) is 6.48 Å². The van der Waals surface area contributed by atoms with Crippen LogP contribution in [-0.2, 0) is 0 Å². The summed E-state index contributed by atoms with van der Waals surface area (Å²) in [4.78, 5) is 4.98. The summed E-state index contributed by atoms with van der Waals surface area (Å²) in [6.45, 7) is 7.90. The molecule has 1 aromatic rings. The van der Waals surface area contributed by atoms with E-state index >= 15 is 0 Å². The Labute approximate surface area is 109 Å². The van der Waals surface area contributed by atoms with Crippen LogP contribution in [-0.4, -0.2) is 43.5 Å². The smallest absolute Gasteiger partial charge is 0.0367 e. The molecule has 0 amide bonds. The van der Waals surface area contributed by atoms with Crippen molar-refractivity contribution >= 4 is 17.3 Å². The average Bonchev–Trinajstić information content (AvgIpc) is 2.40. The molecule has 94 valence electrons. The standard InChI is InChI=1S/C14H21ClN2/c1-13(11-15)12-16-7-9-17(10-8-16)14-5-3-2-4-6-14/h2-6,13H,7-12H2,1H3. The Hall–Kier alpha value is -0.730. The van der Waals surface area contributed by atoms with Gasteiger partial charge in [-0.3, -0.25) is 4.90 Å². The summed E-state index contributed by atoms with van der Waals surface area (Å²) in [5, 5.41) is 0. The van der Waals surface area contributed by atoms with E-state index in [1.807, 2.05) is 0 Å². The van der Waals surface area contributed by atoms with Crippen molar-refractivity contribution in [3.8, 4) is 0 Å². The maximum atomic E-state index is 5.86. The van der Waals surface area contributed by atoms with Gasteiger partial charge in [-0.15, -0.1) is 11.6 Å². The van der Waals surface area contributed by atoms with Crippen LogP contribution < -0.4 is 4.90 Å². The van der Waals surface area contributed by atoms with Crippen LogP contribution in [0.15, 0.2) is 30.3 Å². The lowest BCUT2D eigenvalue weighted by Gasteiger charge is -2.37. The van der Waals surface area contributed by atoms with Crippen LogP contribution in [0.4, 0.5) is 5.69 Å². The SMILES string of the molecule is CC(CCl)CN1CCN(c2ccccc2)CC1. The van der Waals surface area contributed by atoms with E-state index in [9.17, 15) is 0 Å². The highest BCUT2D eigenvalue weighted by molar-refractivity contribution is 6.18. The third kappa shape index (κ3) is 3.62. The Balaban J connectivity index is 1.82. The Morgan fingerprint density at radius 2 is 1.76 bits per heavy atom. The number of anilines is 1. The van der Waals surface area contributed by atoms with Gasteiger partial charge >= 0.3 is 0 Å². The van der Waals surface area contributed by atoms with Gasteiger partial charge in [-0.05, 0) is 18.1 Å². The monoisotopic (exact) mass is 252 g/mol. The van der Waals surface area contributed by atoms with Gasteiger partial charge in [0.15, 0.2) is 0 Å². The van der Waals surface area contributed by atoms with E-state index in [4.69, 9.17) is 11.6 Å². The van der Waals surface area contributed by atoms with Crippen LogP contribution in [0.3, 0.4) is 0 Å². The second kappa shape index (κ2) is 6.27. The van der Waals surface area contributed by atoms with E-state index in [0.717, 1.165) is 38.6 Å². The molecule has 0 radical (unpaired) electrons. The van der Waals surface area contributed by atoms with Crippen LogP contribution in [0.2, 0.25) is 0 Å². The average molecular weight is 253 g/mol. The van der Waals surface area contributed by atoms with Crippen molar-refractivity contribution in [3.05, 3.63) is 30.3 Å². The molecular weight excluding hydrogens is 232 g/mol. The van der Waals surface area contributed by atoms with Crippen molar-refractivity contribution in [1.82, 2.24) is 4.90 Å². The highest BCUT2D eigenvalue weighted by Crippen LogP contribution is 2.16. The zero-order valence-electron chi connectivity index (χ0n) is 10.5. The second-order valence-corrected chi connectivity index (χ2v) is 5.19. The van der Waals surface area contributed by atoms with Crippen molar-refractivity contribution in [2.45, 2.75) is 6.92 Å². The van der Waals surface area contributed by atoms with Crippen molar-refractivity contribution in [1.29, 1.82) is 0 Å². The van der Waals surface area contributed by atoms with E-state index in [1.54, 1.807) is 0 Å². The molecular formula is C14H21ClN2. The first-order chi connectivity index (χ1) is 8.29. The molecule has 1 saturated heterocycles. The largest absolute Gasteiger partial charge is 0.369 e. The predicted octanol–water partition coefficient (Wildman–Crippen LogP) is 2.68. The molecule has 3 heteroatoms. The molecule has 0 aliphatic carbocycles. The Morgan fingerprint density at radius 1 is 1.12 bits per heavy atom. The fraction of sp³-hybridized carbons (Fsp3) is 0.571. The minimum Gasteiger partial charge on any atom is -0.369 e. The second-order valence-electron chi connectivity index (χ2n) is 4.88. The molecule has 1 atom stereocenters. The van der Waals surface area contributed by atoms with E-state index in [1.165, 1.54) is 5.69 Å². The van der Waals surface area contributed by atoms with Gasteiger partial charge < -0.3 is 4.90 Å². The third-order valence-electron chi connectivity index (χ3n) is 3.33. The van der Waals surface area contributed by atoms with Crippen LogP contribution in [0, 0.1) is 5.92 Å². The summed E-state index contributed by atoms with van der Waals surface area (Å²) in [7, 11) is 0.